The number of aromatic amines is 1. The molecule has 0 aromatic carbocycles. The van der Waals surface area contributed by atoms with Gasteiger partial charge in [-0.15, -0.1) is 0 Å². The van der Waals surface area contributed by atoms with Gasteiger partial charge in [-0.3, -0.25) is 29.1 Å². The predicted molar refractivity (Wildman–Crippen MR) is 110 cm³/mol. The maximum Gasteiger partial charge on any atom is 0.293 e. The summed E-state index contributed by atoms with van der Waals surface area (Å²) in [5.74, 6) is -0.909. The van der Waals surface area contributed by atoms with Crippen LogP contribution in [0.1, 0.15) is 44.6 Å². The van der Waals surface area contributed by atoms with Crippen LogP contribution >= 0.6 is 11.8 Å². The van der Waals surface area contributed by atoms with Gasteiger partial charge in [-0.25, -0.2) is 0 Å². The Bertz CT molecular complexity index is 1030. The van der Waals surface area contributed by atoms with Crippen molar-refractivity contribution in [2.75, 3.05) is 13.1 Å². The van der Waals surface area contributed by atoms with E-state index in [1.54, 1.807) is 44.4 Å². The molecule has 3 heterocycles. The molecule has 29 heavy (non-hydrogen) atoms. The van der Waals surface area contributed by atoms with E-state index in [1.807, 2.05) is 0 Å². The smallest absolute Gasteiger partial charge is 0.293 e. The molecule has 2 N–H and O–H groups in total. The molecule has 2 aromatic rings. The molecule has 0 atom stereocenters. The first-order chi connectivity index (χ1) is 13.8. The molecule has 2 aromatic heterocycles. The van der Waals surface area contributed by atoms with Crippen LogP contribution in [0.25, 0.3) is 6.08 Å². The van der Waals surface area contributed by atoms with Gasteiger partial charge in [0.05, 0.1) is 4.91 Å². The molecule has 1 saturated heterocycles. The molecule has 0 unspecified atom stereocenters. The number of rotatable bonds is 6. The SMILES string of the molecule is CC(=O)c1c(C)[nH]c(C(=O)NCCN2C(=O)S/C(=C/c3cccnc3)C2=O)c1C. The van der Waals surface area contributed by atoms with Gasteiger partial charge in [0.25, 0.3) is 17.1 Å². The summed E-state index contributed by atoms with van der Waals surface area (Å²) in [6.07, 6.45) is 4.84. The average molecular weight is 412 g/mol. The summed E-state index contributed by atoms with van der Waals surface area (Å²) < 4.78 is 0. The van der Waals surface area contributed by atoms with Crippen molar-refractivity contribution < 1.29 is 19.2 Å². The van der Waals surface area contributed by atoms with Crippen LogP contribution in [0.2, 0.25) is 0 Å². The van der Waals surface area contributed by atoms with Crippen LogP contribution in [-0.2, 0) is 4.79 Å². The number of thioether (sulfide) groups is 1. The summed E-state index contributed by atoms with van der Waals surface area (Å²) in [7, 11) is 0. The first-order valence-corrected chi connectivity index (χ1v) is 9.75. The number of pyridine rings is 1. The highest BCUT2D eigenvalue weighted by molar-refractivity contribution is 8.18. The number of carbonyl (C=O) groups is 4. The highest BCUT2D eigenvalue weighted by Crippen LogP contribution is 2.31. The van der Waals surface area contributed by atoms with Crippen molar-refractivity contribution >= 4 is 40.7 Å². The number of aromatic nitrogens is 2. The number of ketones is 1. The fourth-order valence-electron chi connectivity index (χ4n) is 3.18. The van der Waals surface area contributed by atoms with Crippen molar-refractivity contribution in [2.45, 2.75) is 20.8 Å². The molecule has 0 spiro atoms. The van der Waals surface area contributed by atoms with Crippen LogP contribution in [0, 0.1) is 13.8 Å². The monoisotopic (exact) mass is 412 g/mol. The molecule has 0 aliphatic carbocycles. The maximum atomic E-state index is 12.5. The number of amides is 3. The van der Waals surface area contributed by atoms with Gasteiger partial charge in [0.15, 0.2) is 5.78 Å². The molecule has 1 aliphatic heterocycles. The van der Waals surface area contributed by atoms with Crippen molar-refractivity contribution in [3.8, 4) is 0 Å². The second-order valence-corrected chi connectivity index (χ2v) is 7.55. The first kappa shape index (κ1) is 20.5. The van der Waals surface area contributed by atoms with Crippen molar-refractivity contribution in [1.29, 1.82) is 0 Å². The Morgan fingerprint density at radius 2 is 2.07 bits per heavy atom. The van der Waals surface area contributed by atoms with Crippen molar-refractivity contribution in [2.24, 2.45) is 0 Å². The number of nitrogens with zero attached hydrogens (tertiary/aromatic N) is 2. The normalized spacial score (nSPS) is 15.3. The molecule has 150 valence electrons. The molecule has 1 fully saturated rings. The van der Waals surface area contributed by atoms with E-state index < -0.39 is 11.8 Å². The van der Waals surface area contributed by atoms with E-state index in [-0.39, 0.29) is 24.1 Å². The minimum absolute atomic E-state index is 0.0547. The van der Waals surface area contributed by atoms with Gasteiger partial charge in [0, 0.05) is 36.7 Å². The zero-order chi connectivity index (χ0) is 21.1. The van der Waals surface area contributed by atoms with Crippen LogP contribution < -0.4 is 5.32 Å². The number of carbonyl (C=O) groups excluding carboxylic acids is 4. The van der Waals surface area contributed by atoms with Gasteiger partial charge in [-0.05, 0) is 55.8 Å². The highest BCUT2D eigenvalue weighted by Gasteiger charge is 2.34. The van der Waals surface area contributed by atoms with Crippen molar-refractivity contribution in [3.05, 3.63) is 57.5 Å². The zero-order valence-electron chi connectivity index (χ0n) is 16.2. The van der Waals surface area contributed by atoms with Crippen LogP contribution in [0.15, 0.2) is 29.4 Å². The van der Waals surface area contributed by atoms with Crippen LogP contribution in [0.3, 0.4) is 0 Å². The molecule has 3 amide bonds. The summed E-state index contributed by atoms with van der Waals surface area (Å²) in [6, 6.07) is 3.53. The Morgan fingerprint density at radius 3 is 2.69 bits per heavy atom. The number of H-pyrrole nitrogens is 1. The van der Waals surface area contributed by atoms with Gasteiger partial charge in [-0.2, -0.15) is 0 Å². The van der Waals surface area contributed by atoms with E-state index in [0.717, 1.165) is 22.2 Å². The largest absolute Gasteiger partial charge is 0.354 e. The maximum absolute atomic E-state index is 12.5. The summed E-state index contributed by atoms with van der Waals surface area (Å²) in [4.78, 5) is 57.1. The predicted octanol–water partition coefficient (Wildman–Crippen LogP) is 2.70. The number of aryl methyl sites for hydroxylation is 1. The van der Waals surface area contributed by atoms with E-state index in [2.05, 4.69) is 15.3 Å². The van der Waals surface area contributed by atoms with Gasteiger partial charge in [0.2, 0.25) is 0 Å². The summed E-state index contributed by atoms with van der Waals surface area (Å²) in [5, 5.41) is 2.30. The van der Waals surface area contributed by atoms with Gasteiger partial charge >= 0.3 is 0 Å². The van der Waals surface area contributed by atoms with Gasteiger partial charge in [0.1, 0.15) is 5.69 Å². The Kier molecular flexibility index (Phi) is 5.97. The summed E-state index contributed by atoms with van der Waals surface area (Å²) in [6.45, 7) is 5.04. The molecule has 0 saturated carbocycles. The third kappa shape index (κ3) is 4.29. The van der Waals surface area contributed by atoms with Crippen LogP contribution in [0.4, 0.5) is 4.79 Å². The van der Waals surface area contributed by atoms with E-state index in [0.29, 0.717) is 27.4 Å². The minimum Gasteiger partial charge on any atom is -0.354 e. The molecular weight excluding hydrogens is 392 g/mol. The molecule has 3 rings (SSSR count). The molecule has 1 aliphatic rings. The van der Waals surface area contributed by atoms with E-state index in [9.17, 15) is 19.2 Å². The Balaban J connectivity index is 1.62. The Hall–Kier alpha value is -3.20. The summed E-state index contributed by atoms with van der Waals surface area (Å²) >= 11 is 0.857. The lowest BCUT2D eigenvalue weighted by atomic mass is 10.1. The lowest BCUT2D eigenvalue weighted by Gasteiger charge is -2.13. The van der Waals surface area contributed by atoms with Crippen LogP contribution in [0.5, 0.6) is 0 Å². The third-order valence-electron chi connectivity index (χ3n) is 4.49. The van der Waals surface area contributed by atoms with Crippen molar-refractivity contribution in [1.82, 2.24) is 20.2 Å². The Labute approximate surface area is 171 Å². The molecule has 9 heteroatoms. The lowest BCUT2D eigenvalue weighted by molar-refractivity contribution is -0.122. The minimum atomic E-state index is -0.399. The van der Waals surface area contributed by atoms with E-state index >= 15 is 0 Å². The van der Waals surface area contributed by atoms with Crippen molar-refractivity contribution in [3.63, 3.8) is 0 Å². The fraction of sp³-hybridized carbons (Fsp3) is 0.250. The molecular formula is C20H20N4O4S. The molecule has 0 bridgehead atoms. The quantitative estimate of drug-likeness (QED) is 0.557. The van der Waals surface area contributed by atoms with E-state index in [1.165, 1.54) is 6.92 Å². The number of nitrogens with one attached hydrogen (secondary N) is 2. The molecule has 0 radical (unpaired) electrons. The number of hydrogen-bond acceptors (Lipinski definition) is 6. The topological polar surface area (TPSA) is 112 Å². The number of Topliss-reactive ketones (excluding diaryl/α,β-unsaturated/α-hetero) is 1. The van der Waals surface area contributed by atoms with E-state index in [4.69, 9.17) is 0 Å². The van der Waals surface area contributed by atoms with Gasteiger partial charge in [-0.1, -0.05) is 6.07 Å². The number of hydrogen-bond donors (Lipinski definition) is 2. The van der Waals surface area contributed by atoms with Gasteiger partial charge < -0.3 is 10.3 Å². The Morgan fingerprint density at radius 1 is 1.31 bits per heavy atom. The average Bonchev–Trinajstić information content (AvgIpc) is 3.12. The highest BCUT2D eigenvalue weighted by atomic mass is 32.2. The molecule has 8 nitrogen and oxygen atoms in total. The summed E-state index contributed by atoms with van der Waals surface area (Å²) in [5.41, 5.74) is 2.75. The first-order valence-electron chi connectivity index (χ1n) is 8.93. The third-order valence-corrected chi connectivity index (χ3v) is 5.40. The lowest BCUT2D eigenvalue weighted by Crippen LogP contribution is -2.37. The second kappa shape index (κ2) is 8.44. The van der Waals surface area contributed by atoms with Crippen LogP contribution in [-0.4, -0.2) is 50.8 Å². The second-order valence-electron chi connectivity index (χ2n) is 6.56. The standard InChI is InChI=1S/C20H20N4O4S/c1-11-16(13(3)25)12(2)23-17(11)18(26)22-7-8-24-19(27)15(29-20(24)28)9-14-5-4-6-21-10-14/h4-6,9-10,23H,7-8H2,1-3H3,(H,22,26)/b15-9+. The number of imide groups is 1. The zero-order valence-corrected chi connectivity index (χ0v) is 17.1. The fourth-order valence-corrected chi connectivity index (χ4v) is 4.05.